The lowest BCUT2D eigenvalue weighted by Crippen LogP contribution is -2.31. The van der Waals surface area contributed by atoms with E-state index in [-0.39, 0.29) is 11.2 Å². The Labute approximate surface area is 89.0 Å². The maximum Gasteiger partial charge on any atom is 0.0627 e. The molecule has 0 aromatic heterocycles. The van der Waals surface area contributed by atoms with Gasteiger partial charge in [0.15, 0.2) is 0 Å². The van der Waals surface area contributed by atoms with E-state index in [1.165, 1.54) is 0 Å². The van der Waals surface area contributed by atoms with E-state index in [9.17, 15) is 0 Å². The molecule has 0 unspecified atom stereocenters. The Morgan fingerprint density at radius 2 is 1.00 bits per heavy atom. The Morgan fingerprint density at radius 3 is 1.21 bits per heavy atom. The van der Waals surface area contributed by atoms with Gasteiger partial charge in [-0.1, -0.05) is 0 Å². The van der Waals surface area contributed by atoms with Gasteiger partial charge in [-0.3, -0.25) is 0 Å². The van der Waals surface area contributed by atoms with Gasteiger partial charge in [0.25, 0.3) is 0 Å². The minimum absolute atomic E-state index is 0.0247. The van der Waals surface area contributed by atoms with Crippen LogP contribution in [0.25, 0.3) is 0 Å². The van der Waals surface area contributed by atoms with Crippen molar-refractivity contribution in [3.05, 3.63) is 0 Å². The highest BCUT2D eigenvalue weighted by Gasteiger charge is 2.24. The summed E-state index contributed by atoms with van der Waals surface area (Å²) in [6, 6.07) is 0. The van der Waals surface area contributed by atoms with Crippen molar-refractivity contribution in [2.45, 2.75) is 65.6 Å². The smallest absolute Gasteiger partial charge is 0.0627 e. The molecular formula is C12H26O2. The van der Waals surface area contributed by atoms with Crippen LogP contribution in [0.5, 0.6) is 0 Å². The van der Waals surface area contributed by atoms with Gasteiger partial charge in [-0.2, -0.15) is 0 Å². The van der Waals surface area contributed by atoms with Crippen LogP contribution in [0.3, 0.4) is 0 Å². The van der Waals surface area contributed by atoms with Crippen LogP contribution in [0.2, 0.25) is 0 Å². The molecule has 0 aliphatic rings. The van der Waals surface area contributed by atoms with Crippen LogP contribution < -0.4 is 0 Å². The molecule has 0 saturated carbocycles. The first-order chi connectivity index (χ1) is 6.33. The summed E-state index contributed by atoms with van der Waals surface area (Å²) in [6.45, 7) is 14.2. The van der Waals surface area contributed by atoms with Crippen LogP contribution >= 0.6 is 0 Å². The van der Waals surface area contributed by atoms with Crippen molar-refractivity contribution in [2.24, 2.45) is 0 Å². The van der Waals surface area contributed by atoms with Gasteiger partial charge in [0.1, 0.15) is 0 Å². The molecule has 0 spiro atoms. The number of rotatable bonds is 7. The second-order valence-electron chi connectivity index (χ2n) is 4.89. The maximum absolute atomic E-state index is 5.65. The van der Waals surface area contributed by atoms with Crippen LogP contribution in [0, 0.1) is 0 Å². The van der Waals surface area contributed by atoms with Gasteiger partial charge in [-0.15, -0.1) is 0 Å². The third-order valence-electron chi connectivity index (χ3n) is 2.40. The highest BCUT2D eigenvalue weighted by molar-refractivity contribution is 4.76. The molecule has 0 rings (SSSR count). The van der Waals surface area contributed by atoms with Crippen molar-refractivity contribution in [1.29, 1.82) is 0 Å². The van der Waals surface area contributed by atoms with E-state index in [2.05, 4.69) is 27.7 Å². The fourth-order valence-corrected chi connectivity index (χ4v) is 1.53. The van der Waals surface area contributed by atoms with Crippen molar-refractivity contribution < 1.29 is 9.47 Å². The summed E-state index contributed by atoms with van der Waals surface area (Å²) in [6.07, 6.45) is 2.07. The Morgan fingerprint density at radius 1 is 0.714 bits per heavy atom. The summed E-state index contributed by atoms with van der Waals surface area (Å²) in [7, 11) is 0. The average molecular weight is 202 g/mol. The highest BCUT2D eigenvalue weighted by Crippen LogP contribution is 2.24. The number of hydrogen-bond donors (Lipinski definition) is 0. The topological polar surface area (TPSA) is 18.5 Å². The van der Waals surface area contributed by atoms with E-state index in [0.717, 1.165) is 26.1 Å². The summed E-state index contributed by atoms with van der Waals surface area (Å²) in [5.74, 6) is 0. The van der Waals surface area contributed by atoms with Crippen LogP contribution in [0.4, 0.5) is 0 Å². The van der Waals surface area contributed by atoms with E-state index in [1.54, 1.807) is 0 Å². The van der Waals surface area contributed by atoms with E-state index < -0.39 is 0 Å². The van der Waals surface area contributed by atoms with Gasteiger partial charge in [0, 0.05) is 13.2 Å². The minimum atomic E-state index is -0.0247. The van der Waals surface area contributed by atoms with Gasteiger partial charge in [0.05, 0.1) is 11.2 Å². The first-order valence-corrected chi connectivity index (χ1v) is 5.61. The first-order valence-electron chi connectivity index (χ1n) is 5.61. The van der Waals surface area contributed by atoms with Gasteiger partial charge < -0.3 is 9.47 Å². The molecule has 14 heavy (non-hydrogen) atoms. The summed E-state index contributed by atoms with van der Waals surface area (Å²) in [4.78, 5) is 0. The summed E-state index contributed by atoms with van der Waals surface area (Å²) >= 11 is 0. The number of ether oxygens (including phenoxy) is 2. The SMILES string of the molecule is CCOC(C)(C)CCC(C)(C)OCC. The van der Waals surface area contributed by atoms with Crippen molar-refractivity contribution in [2.75, 3.05) is 13.2 Å². The Hall–Kier alpha value is -0.0800. The third-order valence-corrected chi connectivity index (χ3v) is 2.40. The summed E-state index contributed by atoms with van der Waals surface area (Å²) in [5, 5.41) is 0. The van der Waals surface area contributed by atoms with Crippen molar-refractivity contribution >= 4 is 0 Å². The molecule has 0 aliphatic carbocycles. The average Bonchev–Trinajstić information content (AvgIpc) is 2.01. The standard InChI is InChI=1S/C12H26O2/c1-7-13-11(3,4)9-10-12(5,6)14-8-2/h7-10H2,1-6H3. The Bertz CT molecular complexity index is 132. The molecule has 0 saturated heterocycles. The molecule has 0 bridgehead atoms. The minimum Gasteiger partial charge on any atom is -0.376 e. The molecule has 0 N–H and O–H groups in total. The molecule has 0 aliphatic heterocycles. The zero-order chi connectivity index (χ0) is 11.2. The largest absolute Gasteiger partial charge is 0.376 e. The molecule has 0 atom stereocenters. The summed E-state index contributed by atoms with van der Waals surface area (Å²) < 4.78 is 11.3. The zero-order valence-electron chi connectivity index (χ0n) is 10.6. The normalized spacial score (nSPS) is 13.3. The first kappa shape index (κ1) is 13.9. The molecule has 0 aromatic rings. The predicted molar refractivity (Wildman–Crippen MR) is 60.6 cm³/mol. The zero-order valence-corrected chi connectivity index (χ0v) is 10.6. The van der Waals surface area contributed by atoms with Crippen LogP contribution in [-0.4, -0.2) is 24.4 Å². The lowest BCUT2D eigenvalue weighted by Gasteiger charge is -2.31. The van der Waals surface area contributed by atoms with E-state index in [0.29, 0.717) is 0 Å². The van der Waals surface area contributed by atoms with Gasteiger partial charge >= 0.3 is 0 Å². The molecule has 2 heteroatoms. The van der Waals surface area contributed by atoms with Crippen molar-refractivity contribution in [3.8, 4) is 0 Å². The van der Waals surface area contributed by atoms with Gasteiger partial charge in [-0.25, -0.2) is 0 Å². The molecule has 0 radical (unpaired) electrons. The number of hydrogen-bond acceptors (Lipinski definition) is 2. The monoisotopic (exact) mass is 202 g/mol. The molecule has 0 amide bonds. The molecule has 0 fully saturated rings. The van der Waals surface area contributed by atoms with E-state index in [1.807, 2.05) is 13.8 Å². The second-order valence-corrected chi connectivity index (χ2v) is 4.89. The summed E-state index contributed by atoms with van der Waals surface area (Å²) in [5.41, 5.74) is -0.0494. The molecule has 0 aromatic carbocycles. The molecule has 86 valence electrons. The molecule has 0 heterocycles. The van der Waals surface area contributed by atoms with Gasteiger partial charge in [0.2, 0.25) is 0 Å². The fourth-order valence-electron chi connectivity index (χ4n) is 1.53. The fraction of sp³-hybridized carbons (Fsp3) is 1.00. The maximum atomic E-state index is 5.65. The molecular weight excluding hydrogens is 176 g/mol. The van der Waals surface area contributed by atoms with Gasteiger partial charge in [-0.05, 0) is 54.4 Å². The Balaban J connectivity index is 3.90. The van der Waals surface area contributed by atoms with Crippen LogP contribution in [0.15, 0.2) is 0 Å². The predicted octanol–water partition coefficient (Wildman–Crippen LogP) is 3.40. The lowest BCUT2D eigenvalue weighted by molar-refractivity contribution is -0.0577. The lowest BCUT2D eigenvalue weighted by atomic mass is 9.94. The second kappa shape index (κ2) is 5.72. The van der Waals surface area contributed by atoms with Crippen LogP contribution in [-0.2, 0) is 9.47 Å². The van der Waals surface area contributed by atoms with E-state index in [4.69, 9.17) is 9.47 Å². The third kappa shape index (κ3) is 6.39. The van der Waals surface area contributed by atoms with Crippen LogP contribution in [0.1, 0.15) is 54.4 Å². The molecule has 2 nitrogen and oxygen atoms in total. The highest BCUT2D eigenvalue weighted by atomic mass is 16.5. The Kier molecular flexibility index (Phi) is 5.68. The van der Waals surface area contributed by atoms with E-state index >= 15 is 0 Å². The van der Waals surface area contributed by atoms with Crippen molar-refractivity contribution in [3.63, 3.8) is 0 Å². The quantitative estimate of drug-likeness (QED) is 0.630. The van der Waals surface area contributed by atoms with Crippen molar-refractivity contribution in [1.82, 2.24) is 0 Å².